The maximum Gasteiger partial charge on any atom is 0.573 e. The summed E-state index contributed by atoms with van der Waals surface area (Å²) in [7, 11) is 2.01. The van der Waals surface area contributed by atoms with Gasteiger partial charge in [-0.1, -0.05) is 0 Å². The molecule has 0 radical (unpaired) electrons. The smallest absolute Gasteiger partial charge is 0.460 e. The summed E-state index contributed by atoms with van der Waals surface area (Å²) < 4.78 is 51.8. The summed E-state index contributed by atoms with van der Waals surface area (Å²) in [5.74, 6) is 1.16. The first-order valence-electron chi connectivity index (χ1n) is 8.14. The van der Waals surface area contributed by atoms with E-state index in [0.29, 0.717) is 17.9 Å². The molecule has 1 saturated heterocycles. The van der Waals surface area contributed by atoms with E-state index in [-0.39, 0.29) is 11.9 Å². The van der Waals surface area contributed by atoms with Gasteiger partial charge >= 0.3 is 6.36 Å². The minimum Gasteiger partial charge on any atom is -0.460 e. The van der Waals surface area contributed by atoms with Gasteiger partial charge in [-0.15, -0.1) is 13.2 Å². The highest BCUT2D eigenvalue weighted by Gasteiger charge is 2.31. The molecule has 4 nitrogen and oxygen atoms in total. The normalized spacial score (nSPS) is 18.0. The summed E-state index contributed by atoms with van der Waals surface area (Å²) >= 11 is 0. The Bertz CT molecular complexity index is 676. The number of furan rings is 1. The Morgan fingerprint density at radius 3 is 2.56 bits per heavy atom. The molecular formula is C18H20F3NO3. The van der Waals surface area contributed by atoms with Gasteiger partial charge in [0.15, 0.2) is 0 Å². The molecule has 0 bridgehead atoms. The third kappa shape index (κ3) is 5.24. The lowest BCUT2D eigenvalue weighted by Gasteiger charge is -2.19. The zero-order valence-corrected chi connectivity index (χ0v) is 13.9. The van der Waals surface area contributed by atoms with Crippen LogP contribution < -0.4 is 4.74 Å². The van der Waals surface area contributed by atoms with Gasteiger partial charge in [0.2, 0.25) is 0 Å². The molecule has 2 aromatic rings. The van der Waals surface area contributed by atoms with Gasteiger partial charge in [0.05, 0.1) is 12.6 Å². The van der Waals surface area contributed by atoms with Crippen LogP contribution in [0.1, 0.15) is 18.6 Å². The minimum atomic E-state index is -4.69. The van der Waals surface area contributed by atoms with Crippen molar-refractivity contribution < 1.29 is 27.1 Å². The summed E-state index contributed by atoms with van der Waals surface area (Å²) in [6, 6.07) is 9.32. The Morgan fingerprint density at radius 2 is 1.92 bits per heavy atom. The topological polar surface area (TPSA) is 34.8 Å². The largest absolute Gasteiger partial charge is 0.573 e. The van der Waals surface area contributed by atoms with Crippen LogP contribution in [0.4, 0.5) is 13.2 Å². The average molecular weight is 355 g/mol. The van der Waals surface area contributed by atoms with Crippen molar-refractivity contribution >= 4 is 0 Å². The first-order valence-corrected chi connectivity index (χ1v) is 8.14. The van der Waals surface area contributed by atoms with Crippen LogP contribution in [-0.2, 0) is 11.3 Å². The van der Waals surface area contributed by atoms with Gasteiger partial charge < -0.3 is 13.9 Å². The van der Waals surface area contributed by atoms with Crippen molar-refractivity contribution in [1.29, 1.82) is 0 Å². The van der Waals surface area contributed by atoms with Crippen LogP contribution in [0, 0.1) is 0 Å². The van der Waals surface area contributed by atoms with E-state index in [2.05, 4.69) is 9.64 Å². The monoisotopic (exact) mass is 355 g/mol. The number of ether oxygens (including phenoxy) is 2. The molecule has 1 unspecified atom stereocenters. The van der Waals surface area contributed by atoms with E-state index in [1.54, 1.807) is 12.1 Å². The maximum atomic E-state index is 12.2. The highest BCUT2D eigenvalue weighted by molar-refractivity contribution is 5.58. The number of halogens is 3. The Balaban J connectivity index is 1.58. The molecule has 1 aliphatic rings. The standard InChI is InChI=1S/C18H20F3NO3/c1-22(11-15-3-2-10-23-15)12-16-8-9-17(24-16)13-4-6-14(7-5-13)25-18(19,20)21/h4-9,15H,2-3,10-12H2,1H3. The van der Waals surface area contributed by atoms with Gasteiger partial charge in [-0.25, -0.2) is 0 Å². The summed E-state index contributed by atoms with van der Waals surface area (Å²) in [5.41, 5.74) is 0.697. The Morgan fingerprint density at radius 1 is 1.16 bits per heavy atom. The third-order valence-corrected chi connectivity index (χ3v) is 4.00. The van der Waals surface area contributed by atoms with Crippen molar-refractivity contribution in [3.8, 4) is 17.1 Å². The summed E-state index contributed by atoms with van der Waals surface area (Å²) in [6.07, 6.45) is -2.22. The van der Waals surface area contributed by atoms with Crippen LogP contribution in [0.3, 0.4) is 0 Å². The molecule has 1 aromatic carbocycles. The van der Waals surface area contributed by atoms with E-state index in [0.717, 1.165) is 31.8 Å². The molecule has 3 rings (SSSR count). The average Bonchev–Trinajstić information content (AvgIpc) is 3.18. The Kier molecular flexibility index (Phi) is 5.34. The van der Waals surface area contributed by atoms with Gasteiger partial charge in [-0.05, 0) is 56.3 Å². The first kappa shape index (κ1) is 17.8. The Labute approximate surface area is 144 Å². The molecule has 1 aromatic heterocycles. The predicted molar refractivity (Wildman–Crippen MR) is 86.1 cm³/mol. The number of hydrogen-bond donors (Lipinski definition) is 0. The zero-order chi connectivity index (χ0) is 17.9. The second-order valence-corrected chi connectivity index (χ2v) is 6.17. The summed E-state index contributed by atoms with van der Waals surface area (Å²) in [6.45, 7) is 2.33. The predicted octanol–water partition coefficient (Wildman–Crippen LogP) is 4.46. The van der Waals surface area contributed by atoms with Crippen LogP contribution in [-0.4, -0.2) is 37.6 Å². The number of likely N-dealkylation sites (N-methyl/N-ethyl adjacent to an activating group) is 1. The molecule has 7 heteroatoms. The first-order chi connectivity index (χ1) is 11.9. The number of nitrogens with zero attached hydrogens (tertiary/aromatic N) is 1. The minimum absolute atomic E-state index is 0.251. The fraction of sp³-hybridized carbons (Fsp3) is 0.444. The molecule has 0 saturated carbocycles. The number of alkyl halides is 3. The molecule has 0 amide bonds. The van der Waals surface area contributed by atoms with Crippen LogP contribution in [0.2, 0.25) is 0 Å². The maximum absolute atomic E-state index is 12.2. The second-order valence-electron chi connectivity index (χ2n) is 6.17. The van der Waals surface area contributed by atoms with Crippen molar-refractivity contribution in [2.75, 3.05) is 20.2 Å². The van der Waals surface area contributed by atoms with E-state index in [4.69, 9.17) is 9.15 Å². The van der Waals surface area contributed by atoms with Gasteiger partial charge in [-0.2, -0.15) is 0 Å². The fourth-order valence-corrected chi connectivity index (χ4v) is 2.91. The van der Waals surface area contributed by atoms with Crippen LogP contribution in [0.15, 0.2) is 40.8 Å². The molecule has 0 spiro atoms. The molecular weight excluding hydrogens is 335 g/mol. The molecule has 0 aliphatic carbocycles. The summed E-state index contributed by atoms with van der Waals surface area (Å²) in [5, 5.41) is 0. The number of rotatable bonds is 6. The van der Waals surface area contributed by atoms with E-state index in [9.17, 15) is 13.2 Å². The lowest BCUT2D eigenvalue weighted by molar-refractivity contribution is -0.274. The molecule has 136 valence electrons. The van der Waals surface area contributed by atoms with Crippen molar-refractivity contribution in [3.63, 3.8) is 0 Å². The molecule has 25 heavy (non-hydrogen) atoms. The van der Waals surface area contributed by atoms with E-state index < -0.39 is 6.36 Å². The van der Waals surface area contributed by atoms with Crippen LogP contribution in [0.25, 0.3) is 11.3 Å². The number of hydrogen-bond acceptors (Lipinski definition) is 4. The third-order valence-electron chi connectivity index (χ3n) is 4.00. The lowest BCUT2D eigenvalue weighted by Crippen LogP contribution is -2.28. The van der Waals surface area contributed by atoms with Crippen LogP contribution >= 0.6 is 0 Å². The quantitative estimate of drug-likeness (QED) is 0.767. The highest BCUT2D eigenvalue weighted by atomic mass is 19.4. The Hall–Kier alpha value is -1.99. The lowest BCUT2D eigenvalue weighted by atomic mass is 10.2. The fourth-order valence-electron chi connectivity index (χ4n) is 2.91. The molecule has 1 atom stereocenters. The van der Waals surface area contributed by atoms with E-state index >= 15 is 0 Å². The van der Waals surface area contributed by atoms with Gasteiger partial charge in [0.25, 0.3) is 0 Å². The zero-order valence-electron chi connectivity index (χ0n) is 13.9. The van der Waals surface area contributed by atoms with Crippen molar-refractivity contribution in [3.05, 3.63) is 42.2 Å². The van der Waals surface area contributed by atoms with Crippen molar-refractivity contribution in [2.45, 2.75) is 31.9 Å². The van der Waals surface area contributed by atoms with Crippen LogP contribution in [0.5, 0.6) is 5.75 Å². The molecule has 1 fully saturated rings. The van der Waals surface area contributed by atoms with Crippen molar-refractivity contribution in [1.82, 2.24) is 4.90 Å². The number of benzene rings is 1. The van der Waals surface area contributed by atoms with E-state index in [1.165, 1.54) is 12.1 Å². The molecule has 2 heterocycles. The molecule has 0 N–H and O–H groups in total. The second kappa shape index (κ2) is 7.49. The van der Waals surface area contributed by atoms with Gasteiger partial charge in [0, 0.05) is 18.7 Å². The SMILES string of the molecule is CN(Cc1ccc(-c2ccc(OC(F)(F)F)cc2)o1)CC1CCCO1. The van der Waals surface area contributed by atoms with E-state index in [1.807, 2.05) is 19.2 Å². The van der Waals surface area contributed by atoms with Crippen molar-refractivity contribution in [2.24, 2.45) is 0 Å². The molecule has 1 aliphatic heterocycles. The van der Waals surface area contributed by atoms with Gasteiger partial charge in [0.1, 0.15) is 17.3 Å². The highest BCUT2D eigenvalue weighted by Crippen LogP contribution is 2.28. The summed E-state index contributed by atoms with van der Waals surface area (Å²) in [4.78, 5) is 2.14. The van der Waals surface area contributed by atoms with Gasteiger partial charge in [-0.3, -0.25) is 4.90 Å².